The van der Waals surface area contributed by atoms with Crippen LogP contribution in [0.1, 0.15) is 26.1 Å². The molecule has 15 heavy (non-hydrogen) atoms. The van der Waals surface area contributed by atoms with Crippen molar-refractivity contribution in [3.05, 3.63) is 18.2 Å². The molecular formula is C10H18N4O. The molecule has 84 valence electrons. The Kier molecular flexibility index (Phi) is 4.30. The van der Waals surface area contributed by atoms with Gasteiger partial charge in [-0.2, -0.15) is 0 Å². The maximum atomic E-state index is 11.4. The number of hydrogen-bond donors (Lipinski definition) is 3. The first-order chi connectivity index (χ1) is 7.09. The summed E-state index contributed by atoms with van der Waals surface area (Å²) in [6.07, 6.45) is 3.74. The highest BCUT2D eigenvalue weighted by molar-refractivity contribution is 5.76. The number of hydrogen-bond acceptors (Lipinski definition) is 3. The average molecular weight is 210 g/mol. The minimum absolute atomic E-state index is 0.0346. The van der Waals surface area contributed by atoms with E-state index in [0.29, 0.717) is 18.9 Å². The summed E-state index contributed by atoms with van der Waals surface area (Å²) >= 11 is 0. The summed E-state index contributed by atoms with van der Waals surface area (Å²) < 4.78 is 0. The summed E-state index contributed by atoms with van der Waals surface area (Å²) in [6, 6.07) is -0.0819. The highest BCUT2D eigenvalue weighted by Gasteiger charge is 2.12. The molecule has 4 N–H and O–H groups in total. The molecule has 5 nitrogen and oxygen atoms in total. The van der Waals surface area contributed by atoms with Crippen molar-refractivity contribution in [1.82, 2.24) is 15.3 Å². The minimum atomic E-state index is -0.0819. The first kappa shape index (κ1) is 11.7. The van der Waals surface area contributed by atoms with Gasteiger partial charge in [0.25, 0.3) is 0 Å². The maximum Gasteiger partial charge on any atom is 0.221 e. The van der Waals surface area contributed by atoms with Gasteiger partial charge in [0, 0.05) is 24.9 Å². The first-order valence-electron chi connectivity index (χ1n) is 5.10. The molecule has 0 saturated heterocycles. The van der Waals surface area contributed by atoms with E-state index in [2.05, 4.69) is 15.3 Å². The van der Waals surface area contributed by atoms with E-state index in [1.165, 1.54) is 0 Å². The second-order valence-corrected chi connectivity index (χ2v) is 3.92. The number of carbonyl (C=O) groups excluding carboxylic acids is 1. The van der Waals surface area contributed by atoms with Crippen LogP contribution in [0, 0.1) is 5.92 Å². The number of aromatic nitrogens is 2. The Morgan fingerprint density at radius 2 is 2.40 bits per heavy atom. The molecule has 0 fully saturated rings. The number of nitrogens with two attached hydrogens (primary N) is 1. The van der Waals surface area contributed by atoms with Crippen LogP contribution in [0.5, 0.6) is 0 Å². The Balaban J connectivity index is 2.25. The quantitative estimate of drug-likeness (QED) is 0.657. The highest BCUT2D eigenvalue weighted by Crippen LogP contribution is 2.02. The minimum Gasteiger partial charge on any atom is -0.349 e. The molecule has 1 atom stereocenters. The molecular weight excluding hydrogens is 192 g/mol. The number of rotatable bonds is 5. The largest absolute Gasteiger partial charge is 0.349 e. The van der Waals surface area contributed by atoms with Crippen molar-refractivity contribution in [1.29, 1.82) is 0 Å². The molecule has 1 aromatic rings. The monoisotopic (exact) mass is 210 g/mol. The number of H-pyrrole nitrogens is 1. The van der Waals surface area contributed by atoms with Crippen LogP contribution in [0.15, 0.2) is 12.4 Å². The van der Waals surface area contributed by atoms with Crippen LogP contribution in [-0.4, -0.2) is 21.9 Å². The van der Waals surface area contributed by atoms with Gasteiger partial charge in [0.1, 0.15) is 5.82 Å². The predicted octanol–water partition coefficient (Wildman–Crippen LogP) is 0.399. The van der Waals surface area contributed by atoms with E-state index >= 15 is 0 Å². The van der Waals surface area contributed by atoms with E-state index < -0.39 is 0 Å². The molecule has 0 saturated carbocycles. The van der Waals surface area contributed by atoms with E-state index in [9.17, 15) is 4.79 Å². The summed E-state index contributed by atoms with van der Waals surface area (Å²) in [5, 5.41) is 2.76. The van der Waals surface area contributed by atoms with Crippen molar-refractivity contribution < 1.29 is 4.79 Å². The van der Waals surface area contributed by atoms with Gasteiger partial charge in [-0.15, -0.1) is 0 Å². The van der Waals surface area contributed by atoms with Gasteiger partial charge in [0.2, 0.25) is 5.91 Å². The van der Waals surface area contributed by atoms with Crippen molar-refractivity contribution in [2.24, 2.45) is 11.7 Å². The fraction of sp³-hybridized carbons (Fsp3) is 0.600. The number of nitrogens with zero attached hydrogens (tertiary/aromatic N) is 1. The van der Waals surface area contributed by atoms with E-state index in [-0.39, 0.29) is 11.9 Å². The van der Waals surface area contributed by atoms with Crippen LogP contribution in [0.25, 0.3) is 0 Å². The summed E-state index contributed by atoms with van der Waals surface area (Å²) in [6.45, 7) is 4.44. The van der Waals surface area contributed by atoms with Crippen molar-refractivity contribution in [3.8, 4) is 0 Å². The second-order valence-electron chi connectivity index (χ2n) is 3.92. The van der Waals surface area contributed by atoms with E-state index in [1.54, 1.807) is 12.4 Å². The number of imidazole rings is 1. The van der Waals surface area contributed by atoms with Crippen molar-refractivity contribution >= 4 is 5.91 Å². The Morgan fingerprint density at radius 3 is 2.93 bits per heavy atom. The van der Waals surface area contributed by atoms with E-state index in [4.69, 9.17) is 5.73 Å². The van der Waals surface area contributed by atoms with Crippen LogP contribution in [0.4, 0.5) is 0 Å². The van der Waals surface area contributed by atoms with Crippen LogP contribution in [0.3, 0.4) is 0 Å². The van der Waals surface area contributed by atoms with Gasteiger partial charge in [-0.25, -0.2) is 4.98 Å². The number of nitrogens with one attached hydrogen (secondary N) is 2. The van der Waals surface area contributed by atoms with Crippen LogP contribution in [-0.2, 0) is 11.3 Å². The van der Waals surface area contributed by atoms with Crippen molar-refractivity contribution in [2.45, 2.75) is 32.9 Å². The Hall–Kier alpha value is -1.36. The van der Waals surface area contributed by atoms with Gasteiger partial charge in [0.05, 0.1) is 6.54 Å². The van der Waals surface area contributed by atoms with Crippen LogP contribution < -0.4 is 11.1 Å². The molecule has 1 amide bonds. The van der Waals surface area contributed by atoms with Gasteiger partial charge >= 0.3 is 0 Å². The molecule has 0 spiro atoms. The smallest absolute Gasteiger partial charge is 0.221 e. The van der Waals surface area contributed by atoms with Gasteiger partial charge in [-0.05, 0) is 5.92 Å². The number of amides is 1. The maximum absolute atomic E-state index is 11.4. The van der Waals surface area contributed by atoms with Gasteiger partial charge in [-0.3, -0.25) is 4.79 Å². The normalized spacial score (nSPS) is 12.8. The SMILES string of the molecule is CC(C)C(N)CC(=O)NCc1ncc[nH]1. The highest BCUT2D eigenvalue weighted by atomic mass is 16.1. The summed E-state index contributed by atoms with van der Waals surface area (Å²) in [5.41, 5.74) is 5.78. The molecule has 0 aromatic carbocycles. The van der Waals surface area contributed by atoms with Crippen LogP contribution >= 0.6 is 0 Å². The lowest BCUT2D eigenvalue weighted by atomic mass is 10.0. The lowest BCUT2D eigenvalue weighted by Crippen LogP contribution is -2.34. The number of aromatic amines is 1. The lowest BCUT2D eigenvalue weighted by molar-refractivity contribution is -0.121. The molecule has 1 unspecified atom stereocenters. The fourth-order valence-electron chi connectivity index (χ4n) is 1.10. The molecule has 0 aliphatic carbocycles. The summed E-state index contributed by atoms with van der Waals surface area (Å²) in [7, 11) is 0. The molecule has 1 heterocycles. The number of carbonyl (C=O) groups is 1. The zero-order valence-corrected chi connectivity index (χ0v) is 9.16. The Morgan fingerprint density at radius 1 is 1.67 bits per heavy atom. The molecule has 1 rings (SSSR count). The van der Waals surface area contributed by atoms with Gasteiger partial charge < -0.3 is 16.0 Å². The zero-order chi connectivity index (χ0) is 11.3. The zero-order valence-electron chi connectivity index (χ0n) is 9.16. The van der Waals surface area contributed by atoms with Gasteiger partial charge in [0.15, 0.2) is 0 Å². The van der Waals surface area contributed by atoms with E-state index in [1.807, 2.05) is 13.8 Å². The van der Waals surface area contributed by atoms with Crippen LogP contribution in [0.2, 0.25) is 0 Å². The molecule has 1 aromatic heterocycles. The average Bonchev–Trinajstić information content (AvgIpc) is 2.66. The fourth-order valence-corrected chi connectivity index (χ4v) is 1.10. The predicted molar refractivity (Wildman–Crippen MR) is 57.9 cm³/mol. The molecule has 0 radical (unpaired) electrons. The molecule has 0 bridgehead atoms. The standard InChI is InChI=1S/C10H18N4O/c1-7(2)8(11)5-10(15)14-6-9-12-3-4-13-9/h3-4,7-8H,5-6,11H2,1-2H3,(H,12,13)(H,14,15). The third-order valence-corrected chi connectivity index (χ3v) is 2.29. The molecule has 0 aliphatic rings. The third kappa shape index (κ3) is 4.12. The van der Waals surface area contributed by atoms with Crippen molar-refractivity contribution in [3.63, 3.8) is 0 Å². The lowest BCUT2D eigenvalue weighted by Gasteiger charge is -2.14. The van der Waals surface area contributed by atoms with Gasteiger partial charge in [-0.1, -0.05) is 13.8 Å². The summed E-state index contributed by atoms with van der Waals surface area (Å²) in [5.74, 6) is 1.04. The molecule has 5 heteroatoms. The topological polar surface area (TPSA) is 83.8 Å². The Labute approximate surface area is 89.5 Å². The second kappa shape index (κ2) is 5.50. The summed E-state index contributed by atoms with van der Waals surface area (Å²) in [4.78, 5) is 18.3. The Bertz CT molecular complexity index is 294. The van der Waals surface area contributed by atoms with E-state index in [0.717, 1.165) is 5.82 Å². The van der Waals surface area contributed by atoms with Crippen molar-refractivity contribution in [2.75, 3.05) is 0 Å². The third-order valence-electron chi connectivity index (χ3n) is 2.29. The molecule has 0 aliphatic heterocycles. The first-order valence-corrected chi connectivity index (χ1v) is 5.10.